The van der Waals surface area contributed by atoms with E-state index in [0.29, 0.717) is 5.56 Å². The van der Waals surface area contributed by atoms with Crippen LogP contribution in [-0.4, -0.2) is 7.11 Å². The van der Waals surface area contributed by atoms with E-state index < -0.39 is 0 Å². The molecule has 0 bridgehead atoms. The maximum absolute atomic E-state index is 9.36. The third kappa shape index (κ3) is 3.78. The molecule has 2 aromatic carbocycles. The number of nitriles is 1. The Balaban J connectivity index is 2.68. The van der Waals surface area contributed by atoms with Crippen molar-refractivity contribution in [2.75, 3.05) is 7.11 Å². The summed E-state index contributed by atoms with van der Waals surface area (Å²) < 4.78 is 5.66. The average Bonchev–Trinajstić information content (AvgIpc) is 2.61. The molecule has 2 rings (SSSR count). The lowest BCUT2D eigenvalue weighted by atomic mass is 9.95. The molecule has 0 N–H and O–H groups in total. The highest BCUT2D eigenvalue weighted by Crippen LogP contribution is 2.37. The molecule has 0 atom stereocenters. The first kappa shape index (κ1) is 16.3. The quantitative estimate of drug-likeness (QED) is 0.695. The normalized spacial score (nSPS) is 11.3. The molecule has 0 amide bonds. The highest BCUT2D eigenvalue weighted by Gasteiger charge is 2.14. The number of nitrogens with zero attached hydrogens (tertiary/aromatic N) is 1. The van der Waals surface area contributed by atoms with Crippen LogP contribution in [0.15, 0.2) is 73.3 Å². The van der Waals surface area contributed by atoms with Gasteiger partial charge in [0, 0.05) is 11.1 Å². The van der Waals surface area contributed by atoms with Gasteiger partial charge in [-0.2, -0.15) is 5.26 Å². The standard InChI is InChI=1S/C21H19NO/c1-4-5-7-10-16(2)19-13-17(15-22)14-20(21(19)23-3)18-11-8-6-9-12-18/h4-14H,1H2,2-3H3/b7-5-,16-10+. The summed E-state index contributed by atoms with van der Waals surface area (Å²) in [6.07, 6.45) is 7.49. The highest BCUT2D eigenvalue weighted by molar-refractivity contribution is 5.82. The van der Waals surface area contributed by atoms with E-state index in [1.807, 2.05) is 67.6 Å². The molecule has 0 aliphatic heterocycles. The number of hydrogen-bond acceptors (Lipinski definition) is 2. The smallest absolute Gasteiger partial charge is 0.134 e. The molecule has 114 valence electrons. The van der Waals surface area contributed by atoms with Crippen LogP contribution in [0, 0.1) is 11.3 Å². The molecule has 2 aromatic rings. The van der Waals surface area contributed by atoms with Crippen LogP contribution in [0.5, 0.6) is 5.75 Å². The fraction of sp³-hybridized carbons (Fsp3) is 0.0952. The Morgan fingerprint density at radius 3 is 2.52 bits per heavy atom. The Labute approximate surface area is 137 Å². The van der Waals surface area contributed by atoms with E-state index in [4.69, 9.17) is 4.74 Å². The zero-order chi connectivity index (χ0) is 16.7. The average molecular weight is 301 g/mol. The van der Waals surface area contributed by atoms with Crippen molar-refractivity contribution in [1.82, 2.24) is 0 Å². The minimum absolute atomic E-state index is 0.611. The molecule has 0 aromatic heterocycles. The van der Waals surface area contributed by atoms with Gasteiger partial charge in [-0.25, -0.2) is 0 Å². The Hall–Kier alpha value is -3.05. The maximum Gasteiger partial charge on any atom is 0.134 e. The van der Waals surface area contributed by atoms with Crippen molar-refractivity contribution in [3.8, 4) is 22.9 Å². The van der Waals surface area contributed by atoms with Crippen LogP contribution in [0.1, 0.15) is 18.1 Å². The van der Waals surface area contributed by atoms with Gasteiger partial charge in [-0.3, -0.25) is 0 Å². The number of methoxy groups -OCH3 is 1. The first-order chi connectivity index (χ1) is 11.2. The van der Waals surface area contributed by atoms with Crippen LogP contribution in [0.3, 0.4) is 0 Å². The highest BCUT2D eigenvalue weighted by atomic mass is 16.5. The summed E-state index contributed by atoms with van der Waals surface area (Å²) >= 11 is 0. The van der Waals surface area contributed by atoms with Crippen LogP contribution in [0.2, 0.25) is 0 Å². The van der Waals surface area contributed by atoms with Crippen molar-refractivity contribution in [3.05, 3.63) is 84.5 Å². The van der Waals surface area contributed by atoms with Crippen LogP contribution in [0.4, 0.5) is 0 Å². The van der Waals surface area contributed by atoms with E-state index in [0.717, 1.165) is 28.0 Å². The SMILES string of the molecule is C=C/C=C\C=C(/C)c1cc(C#N)cc(-c2ccccc2)c1OC. The third-order valence-corrected chi connectivity index (χ3v) is 3.53. The molecule has 0 fully saturated rings. The summed E-state index contributed by atoms with van der Waals surface area (Å²) in [7, 11) is 1.66. The molecule has 2 heteroatoms. The zero-order valence-corrected chi connectivity index (χ0v) is 13.4. The molecule has 23 heavy (non-hydrogen) atoms. The van der Waals surface area contributed by atoms with E-state index in [9.17, 15) is 5.26 Å². The van der Waals surface area contributed by atoms with E-state index in [1.165, 1.54) is 0 Å². The zero-order valence-electron chi connectivity index (χ0n) is 13.4. The monoisotopic (exact) mass is 301 g/mol. The van der Waals surface area contributed by atoms with Crippen molar-refractivity contribution in [1.29, 1.82) is 5.26 Å². The van der Waals surface area contributed by atoms with Crippen molar-refractivity contribution in [2.45, 2.75) is 6.92 Å². The molecule has 0 saturated heterocycles. The van der Waals surface area contributed by atoms with Crippen molar-refractivity contribution >= 4 is 5.57 Å². The minimum atomic E-state index is 0.611. The van der Waals surface area contributed by atoms with Gasteiger partial charge in [0.2, 0.25) is 0 Å². The molecule has 0 saturated carbocycles. The van der Waals surface area contributed by atoms with Crippen LogP contribution >= 0.6 is 0 Å². The fourth-order valence-electron chi connectivity index (χ4n) is 2.41. The summed E-state index contributed by atoms with van der Waals surface area (Å²) in [6.45, 7) is 5.66. The van der Waals surface area contributed by atoms with Gasteiger partial charge < -0.3 is 4.74 Å². The number of ether oxygens (including phenoxy) is 1. The Morgan fingerprint density at radius 2 is 1.91 bits per heavy atom. The van der Waals surface area contributed by atoms with Gasteiger partial charge in [0.1, 0.15) is 5.75 Å². The summed E-state index contributed by atoms with van der Waals surface area (Å²) in [5.74, 6) is 0.774. The van der Waals surface area contributed by atoms with Crippen LogP contribution in [0.25, 0.3) is 16.7 Å². The summed E-state index contributed by atoms with van der Waals surface area (Å²) in [4.78, 5) is 0. The molecule has 0 unspecified atom stereocenters. The Morgan fingerprint density at radius 1 is 1.17 bits per heavy atom. The van der Waals surface area contributed by atoms with Gasteiger partial charge in [-0.1, -0.05) is 61.2 Å². The van der Waals surface area contributed by atoms with Gasteiger partial charge in [0.05, 0.1) is 18.7 Å². The number of benzene rings is 2. The lowest BCUT2D eigenvalue weighted by Gasteiger charge is -2.15. The van der Waals surface area contributed by atoms with Gasteiger partial charge in [0.15, 0.2) is 0 Å². The second-order valence-electron chi connectivity index (χ2n) is 5.05. The Kier molecular flexibility index (Phi) is 5.55. The van der Waals surface area contributed by atoms with Crippen molar-refractivity contribution < 1.29 is 4.74 Å². The molecular weight excluding hydrogens is 282 g/mol. The van der Waals surface area contributed by atoms with Gasteiger partial charge in [-0.15, -0.1) is 0 Å². The summed E-state index contributed by atoms with van der Waals surface area (Å²) in [6, 6.07) is 15.9. The predicted octanol–water partition coefficient (Wildman–Crippen LogP) is 5.38. The second-order valence-corrected chi connectivity index (χ2v) is 5.05. The molecule has 0 aliphatic rings. The number of rotatable bonds is 5. The lowest BCUT2D eigenvalue weighted by Crippen LogP contribution is -1.95. The van der Waals surface area contributed by atoms with E-state index in [-0.39, 0.29) is 0 Å². The van der Waals surface area contributed by atoms with Gasteiger partial charge in [-0.05, 0) is 30.2 Å². The first-order valence-electron chi connectivity index (χ1n) is 7.35. The van der Waals surface area contributed by atoms with Crippen molar-refractivity contribution in [2.24, 2.45) is 0 Å². The third-order valence-electron chi connectivity index (χ3n) is 3.53. The summed E-state index contributed by atoms with van der Waals surface area (Å²) in [5, 5.41) is 9.36. The molecule has 0 aliphatic carbocycles. The molecule has 0 heterocycles. The maximum atomic E-state index is 9.36. The van der Waals surface area contributed by atoms with Gasteiger partial charge >= 0.3 is 0 Å². The van der Waals surface area contributed by atoms with Crippen LogP contribution < -0.4 is 4.74 Å². The van der Waals surface area contributed by atoms with E-state index in [1.54, 1.807) is 13.2 Å². The number of hydrogen-bond donors (Lipinski definition) is 0. The number of allylic oxidation sites excluding steroid dienone is 5. The van der Waals surface area contributed by atoms with Gasteiger partial charge in [0.25, 0.3) is 0 Å². The predicted molar refractivity (Wildman–Crippen MR) is 96.1 cm³/mol. The second kappa shape index (κ2) is 7.82. The topological polar surface area (TPSA) is 33.0 Å². The molecule has 0 spiro atoms. The first-order valence-corrected chi connectivity index (χ1v) is 7.35. The summed E-state index contributed by atoms with van der Waals surface area (Å²) in [5.41, 5.74) is 4.49. The van der Waals surface area contributed by atoms with Crippen LogP contribution in [-0.2, 0) is 0 Å². The molecule has 0 radical (unpaired) electrons. The molecular formula is C21H19NO. The lowest BCUT2D eigenvalue weighted by molar-refractivity contribution is 0.415. The Bertz CT molecular complexity index is 793. The van der Waals surface area contributed by atoms with Crippen molar-refractivity contribution in [3.63, 3.8) is 0 Å². The fourth-order valence-corrected chi connectivity index (χ4v) is 2.41. The largest absolute Gasteiger partial charge is 0.495 e. The van der Waals surface area contributed by atoms with E-state index in [2.05, 4.69) is 12.6 Å². The minimum Gasteiger partial charge on any atom is -0.495 e. The van der Waals surface area contributed by atoms with E-state index >= 15 is 0 Å². The molecule has 2 nitrogen and oxygen atoms in total.